The molecule has 0 saturated heterocycles. The van der Waals surface area contributed by atoms with Crippen molar-refractivity contribution < 1.29 is 5.11 Å². The van der Waals surface area contributed by atoms with E-state index in [4.69, 9.17) is 0 Å². The van der Waals surface area contributed by atoms with Crippen molar-refractivity contribution in [1.82, 2.24) is 19.9 Å². The molecule has 0 radical (unpaired) electrons. The number of fused-ring (bicyclic) bond motifs is 1. The highest BCUT2D eigenvalue weighted by atomic mass is 35.5. The second-order valence-corrected chi connectivity index (χ2v) is 5.15. The molecule has 0 aromatic carbocycles. The molecule has 0 aliphatic carbocycles. The fraction of sp³-hybridized carbons (Fsp3) is 0.571. The maximum Gasteiger partial charge on any atom is 0.225 e. The van der Waals surface area contributed by atoms with Gasteiger partial charge in [0, 0.05) is 27.2 Å². The quantitative estimate of drug-likeness (QED) is 0.479. The van der Waals surface area contributed by atoms with Crippen molar-refractivity contribution in [2.24, 2.45) is 0 Å². The van der Waals surface area contributed by atoms with E-state index in [0.717, 1.165) is 13.0 Å². The Morgan fingerprint density at radius 3 is 1.83 bits per heavy atom. The highest BCUT2D eigenvalue weighted by molar-refractivity contribution is 5.94. The number of hydrogen-bond acceptors (Lipinski definition) is 9. The predicted octanol–water partition coefficient (Wildman–Crippen LogP) is 1.54. The Labute approximate surface area is 147 Å². The molecule has 0 saturated carbocycles. The minimum absolute atomic E-state index is 0. The Balaban J connectivity index is 0.00000288. The van der Waals surface area contributed by atoms with Crippen LogP contribution in [0.4, 0.5) is 23.5 Å². The van der Waals surface area contributed by atoms with Crippen LogP contribution in [0.5, 0.6) is 0 Å². The molecule has 0 aliphatic heterocycles. The van der Waals surface area contributed by atoms with Gasteiger partial charge < -0.3 is 26.4 Å². The molecule has 24 heavy (non-hydrogen) atoms. The lowest BCUT2D eigenvalue weighted by Crippen LogP contribution is -2.18. The van der Waals surface area contributed by atoms with Crippen molar-refractivity contribution >= 4 is 47.0 Å². The fourth-order valence-electron chi connectivity index (χ4n) is 2.00. The Morgan fingerprint density at radius 1 is 0.917 bits per heavy atom. The molecule has 2 rings (SSSR count). The van der Waals surface area contributed by atoms with Crippen LogP contribution in [0, 0.1) is 0 Å². The molecule has 1 atom stereocenters. The van der Waals surface area contributed by atoms with Crippen molar-refractivity contribution in [1.29, 1.82) is 0 Å². The first kappa shape index (κ1) is 19.9. The third-order valence-corrected chi connectivity index (χ3v) is 3.11. The molecule has 2 heterocycles. The van der Waals surface area contributed by atoms with E-state index in [1.54, 1.807) is 21.0 Å². The van der Waals surface area contributed by atoms with Gasteiger partial charge in [0.05, 0.1) is 6.10 Å². The van der Waals surface area contributed by atoms with E-state index in [9.17, 15) is 5.11 Å². The number of nitrogens with zero attached hydrogens (tertiary/aromatic N) is 4. The van der Waals surface area contributed by atoms with E-state index in [1.165, 1.54) is 0 Å². The molecule has 0 spiro atoms. The molecular formula is C14H25ClN8O. The lowest BCUT2D eigenvalue weighted by atomic mass is 10.3. The topological polar surface area (TPSA) is 120 Å². The van der Waals surface area contributed by atoms with E-state index < -0.39 is 6.10 Å². The van der Waals surface area contributed by atoms with Crippen molar-refractivity contribution in [3.63, 3.8) is 0 Å². The predicted molar refractivity (Wildman–Crippen MR) is 100 cm³/mol. The van der Waals surface area contributed by atoms with Crippen LogP contribution in [0.3, 0.4) is 0 Å². The van der Waals surface area contributed by atoms with Gasteiger partial charge in [0.15, 0.2) is 11.6 Å². The SMILES string of the molecule is CCCNc1nc(NC)c2nc(NCC(C)O)nc(NC)c2n1.Cl. The summed E-state index contributed by atoms with van der Waals surface area (Å²) in [5, 5.41) is 21.6. The Hall–Kier alpha value is -2.13. The van der Waals surface area contributed by atoms with E-state index >= 15 is 0 Å². The Bertz CT molecular complexity index is 667. The largest absolute Gasteiger partial charge is 0.392 e. The van der Waals surface area contributed by atoms with E-state index in [2.05, 4.69) is 48.1 Å². The van der Waals surface area contributed by atoms with Gasteiger partial charge in [-0.05, 0) is 13.3 Å². The summed E-state index contributed by atoms with van der Waals surface area (Å²) in [7, 11) is 3.57. The van der Waals surface area contributed by atoms with Crippen LogP contribution in [0.1, 0.15) is 20.3 Å². The molecule has 134 valence electrons. The first-order valence-corrected chi connectivity index (χ1v) is 7.70. The summed E-state index contributed by atoms with van der Waals surface area (Å²) in [5.74, 6) is 2.17. The van der Waals surface area contributed by atoms with Gasteiger partial charge in [0.25, 0.3) is 0 Å². The van der Waals surface area contributed by atoms with Crippen LogP contribution in [0.15, 0.2) is 0 Å². The number of hydrogen-bond donors (Lipinski definition) is 5. The molecule has 0 aliphatic rings. The van der Waals surface area contributed by atoms with Gasteiger partial charge in [-0.3, -0.25) is 0 Å². The number of halogens is 1. The zero-order chi connectivity index (χ0) is 16.8. The van der Waals surface area contributed by atoms with Gasteiger partial charge in [-0.1, -0.05) is 6.92 Å². The Kier molecular flexibility index (Phi) is 7.66. The summed E-state index contributed by atoms with van der Waals surface area (Å²) >= 11 is 0. The van der Waals surface area contributed by atoms with Crippen LogP contribution in [-0.2, 0) is 0 Å². The smallest absolute Gasteiger partial charge is 0.225 e. The first-order valence-electron chi connectivity index (χ1n) is 7.70. The van der Waals surface area contributed by atoms with Gasteiger partial charge in [0.2, 0.25) is 11.9 Å². The van der Waals surface area contributed by atoms with E-state index in [-0.39, 0.29) is 12.4 Å². The summed E-state index contributed by atoms with van der Waals surface area (Å²) in [6.07, 6.45) is 0.487. The minimum atomic E-state index is -0.493. The van der Waals surface area contributed by atoms with Crippen LogP contribution < -0.4 is 21.3 Å². The second-order valence-electron chi connectivity index (χ2n) is 5.15. The van der Waals surface area contributed by atoms with Gasteiger partial charge in [-0.2, -0.15) is 9.97 Å². The maximum absolute atomic E-state index is 9.39. The molecule has 9 nitrogen and oxygen atoms in total. The molecule has 0 amide bonds. The fourth-order valence-corrected chi connectivity index (χ4v) is 2.00. The van der Waals surface area contributed by atoms with Crippen molar-refractivity contribution in [3.8, 4) is 0 Å². The van der Waals surface area contributed by atoms with Crippen LogP contribution >= 0.6 is 12.4 Å². The molecule has 2 aromatic rings. The molecule has 0 bridgehead atoms. The van der Waals surface area contributed by atoms with Crippen LogP contribution in [-0.4, -0.2) is 58.3 Å². The summed E-state index contributed by atoms with van der Waals surface area (Å²) < 4.78 is 0. The normalized spacial score (nSPS) is 11.5. The molecule has 1 unspecified atom stereocenters. The van der Waals surface area contributed by atoms with Gasteiger partial charge in [-0.25, -0.2) is 9.97 Å². The van der Waals surface area contributed by atoms with E-state index in [0.29, 0.717) is 41.1 Å². The lowest BCUT2D eigenvalue weighted by Gasteiger charge is -2.13. The second kappa shape index (κ2) is 9.24. The van der Waals surface area contributed by atoms with Crippen LogP contribution in [0.2, 0.25) is 0 Å². The van der Waals surface area contributed by atoms with Gasteiger partial charge in [-0.15, -0.1) is 12.4 Å². The highest BCUT2D eigenvalue weighted by Gasteiger charge is 2.14. The summed E-state index contributed by atoms with van der Waals surface area (Å²) in [5.41, 5.74) is 1.25. The number of aliphatic hydroxyl groups is 1. The summed E-state index contributed by atoms with van der Waals surface area (Å²) in [6, 6.07) is 0. The van der Waals surface area contributed by atoms with Gasteiger partial charge >= 0.3 is 0 Å². The van der Waals surface area contributed by atoms with Crippen molar-refractivity contribution in [2.45, 2.75) is 26.4 Å². The molecule has 5 N–H and O–H groups in total. The molecule has 0 fully saturated rings. The minimum Gasteiger partial charge on any atom is -0.392 e. The third-order valence-electron chi connectivity index (χ3n) is 3.11. The first-order chi connectivity index (χ1) is 11.1. The van der Waals surface area contributed by atoms with Crippen LogP contribution in [0.25, 0.3) is 11.0 Å². The molecule has 10 heteroatoms. The number of aromatic nitrogens is 4. The maximum atomic E-state index is 9.39. The zero-order valence-corrected chi connectivity index (χ0v) is 15.2. The third kappa shape index (κ3) is 4.68. The number of anilines is 4. The summed E-state index contributed by atoms with van der Waals surface area (Å²) in [4.78, 5) is 17.8. The average Bonchev–Trinajstić information content (AvgIpc) is 2.56. The summed E-state index contributed by atoms with van der Waals surface area (Å²) in [6.45, 7) is 4.93. The van der Waals surface area contributed by atoms with Gasteiger partial charge in [0.1, 0.15) is 11.0 Å². The Morgan fingerprint density at radius 2 is 1.42 bits per heavy atom. The number of aliphatic hydroxyl groups excluding tert-OH is 1. The highest BCUT2D eigenvalue weighted by Crippen LogP contribution is 2.26. The van der Waals surface area contributed by atoms with E-state index in [1.807, 2.05) is 0 Å². The number of rotatable bonds is 8. The molecular weight excluding hydrogens is 332 g/mol. The molecule has 2 aromatic heterocycles. The van der Waals surface area contributed by atoms with Crippen molar-refractivity contribution in [3.05, 3.63) is 0 Å². The zero-order valence-electron chi connectivity index (χ0n) is 14.3. The average molecular weight is 357 g/mol. The lowest BCUT2D eigenvalue weighted by molar-refractivity contribution is 0.208. The standard InChI is InChI=1S/C14H24N8O.ClH/c1-5-6-17-13-19-9-10(11(15-3)21-13)20-14(18-7-8(2)23)22-12(9)16-4;/h8,23H,5-7H2,1-4H3,(H2,15,17,19,21)(H2,16,18,20,22);1H. The number of nitrogens with one attached hydrogen (secondary N) is 4. The monoisotopic (exact) mass is 356 g/mol. The van der Waals surface area contributed by atoms with Crippen molar-refractivity contribution in [2.75, 3.05) is 48.5 Å².